The maximum absolute atomic E-state index is 11.9. The Hall–Kier alpha value is -1.90. The van der Waals surface area contributed by atoms with Crippen molar-refractivity contribution in [3.8, 4) is 0 Å². The number of imidazole rings is 1. The van der Waals surface area contributed by atoms with E-state index in [2.05, 4.69) is 4.98 Å². The Labute approximate surface area is 87.4 Å². The van der Waals surface area contributed by atoms with Crippen LogP contribution in [0.3, 0.4) is 0 Å². The highest BCUT2D eigenvalue weighted by Crippen LogP contribution is 2.18. The first-order valence-electron chi connectivity index (χ1n) is 4.96. The predicted octanol–water partition coefficient (Wildman–Crippen LogP) is 1.67. The van der Waals surface area contributed by atoms with Crippen molar-refractivity contribution >= 4 is 5.78 Å². The van der Waals surface area contributed by atoms with Crippen LogP contribution in [0.25, 0.3) is 0 Å². The molecule has 74 valence electrons. The molecule has 0 amide bonds. The summed E-state index contributed by atoms with van der Waals surface area (Å²) < 4.78 is 1.92. The molecule has 0 saturated heterocycles. The minimum absolute atomic E-state index is 0.169. The van der Waals surface area contributed by atoms with E-state index in [0.29, 0.717) is 6.54 Å². The Balaban J connectivity index is 2.19. The third-order valence-corrected chi connectivity index (χ3v) is 2.78. The first kappa shape index (κ1) is 8.41. The Kier molecular flexibility index (Phi) is 1.71. The molecule has 0 saturated carbocycles. The van der Waals surface area contributed by atoms with Crippen molar-refractivity contribution in [2.24, 2.45) is 0 Å². The monoisotopic (exact) mass is 198 g/mol. The number of ketones is 1. The molecular weight excluding hydrogens is 188 g/mol. The summed E-state index contributed by atoms with van der Waals surface area (Å²) in [6.07, 6.45) is 4.35. The van der Waals surface area contributed by atoms with Gasteiger partial charge in [-0.1, -0.05) is 24.3 Å². The van der Waals surface area contributed by atoms with Crippen molar-refractivity contribution < 1.29 is 4.79 Å². The molecule has 1 aliphatic heterocycles. The molecule has 1 aliphatic rings. The Bertz CT molecular complexity index is 528. The summed E-state index contributed by atoms with van der Waals surface area (Å²) in [5.41, 5.74) is 1.91. The zero-order valence-corrected chi connectivity index (χ0v) is 8.18. The minimum atomic E-state index is 0.169. The molecule has 0 fully saturated rings. The van der Waals surface area contributed by atoms with E-state index in [1.54, 1.807) is 6.20 Å². The molecule has 0 N–H and O–H groups in total. The molecule has 1 aromatic heterocycles. The van der Waals surface area contributed by atoms with Gasteiger partial charge in [0.2, 0.25) is 0 Å². The second-order valence-corrected chi connectivity index (χ2v) is 3.73. The van der Waals surface area contributed by atoms with E-state index in [4.69, 9.17) is 0 Å². The molecule has 0 spiro atoms. The van der Waals surface area contributed by atoms with Gasteiger partial charge in [0.1, 0.15) is 5.82 Å². The van der Waals surface area contributed by atoms with E-state index < -0.39 is 0 Å². The van der Waals surface area contributed by atoms with E-state index in [1.807, 2.05) is 35.0 Å². The molecule has 2 heterocycles. The van der Waals surface area contributed by atoms with E-state index in [1.165, 1.54) is 0 Å². The Morgan fingerprint density at radius 1 is 1.27 bits per heavy atom. The molecular formula is C12H10N2O. The van der Waals surface area contributed by atoms with E-state index in [0.717, 1.165) is 23.4 Å². The Morgan fingerprint density at radius 2 is 2.13 bits per heavy atom. The Morgan fingerprint density at radius 3 is 3.07 bits per heavy atom. The highest BCUT2D eigenvalue weighted by molar-refractivity contribution is 5.97. The van der Waals surface area contributed by atoms with Crippen LogP contribution in [-0.4, -0.2) is 15.3 Å². The van der Waals surface area contributed by atoms with Gasteiger partial charge in [0.05, 0.1) is 6.54 Å². The van der Waals surface area contributed by atoms with Crippen LogP contribution in [0.15, 0.2) is 36.7 Å². The lowest BCUT2D eigenvalue weighted by Gasteiger charge is -2.01. The zero-order chi connectivity index (χ0) is 10.3. The summed E-state index contributed by atoms with van der Waals surface area (Å²) in [6, 6.07) is 7.76. The summed E-state index contributed by atoms with van der Waals surface area (Å²) in [4.78, 5) is 16.2. The van der Waals surface area contributed by atoms with Crippen molar-refractivity contribution in [3.63, 3.8) is 0 Å². The molecule has 3 rings (SSSR count). The number of carbonyl (C=O) groups is 1. The van der Waals surface area contributed by atoms with Crippen molar-refractivity contribution in [1.82, 2.24) is 9.55 Å². The van der Waals surface area contributed by atoms with Crippen LogP contribution in [-0.2, 0) is 13.0 Å². The maximum Gasteiger partial charge on any atom is 0.182 e. The van der Waals surface area contributed by atoms with Gasteiger partial charge < -0.3 is 4.57 Å². The first-order valence-corrected chi connectivity index (χ1v) is 4.96. The van der Waals surface area contributed by atoms with Gasteiger partial charge >= 0.3 is 0 Å². The lowest BCUT2D eigenvalue weighted by molar-refractivity contribution is 0.0973. The van der Waals surface area contributed by atoms with Crippen LogP contribution >= 0.6 is 0 Å². The van der Waals surface area contributed by atoms with Gasteiger partial charge in [-0.05, 0) is 5.56 Å². The maximum atomic E-state index is 11.9. The van der Waals surface area contributed by atoms with Crippen LogP contribution < -0.4 is 0 Å². The van der Waals surface area contributed by atoms with Gasteiger partial charge in [-0.15, -0.1) is 0 Å². The summed E-state index contributed by atoms with van der Waals surface area (Å²) in [7, 11) is 0. The number of hydrogen-bond acceptors (Lipinski definition) is 2. The minimum Gasteiger partial charge on any atom is -0.327 e. The van der Waals surface area contributed by atoms with Gasteiger partial charge in [0.15, 0.2) is 5.78 Å². The fraction of sp³-hybridized carbons (Fsp3) is 0.167. The number of Topliss-reactive ketones (excluding diaryl/α,β-unsaturated/α-hetero) is 1. The van der Waals surface area contributed by atoms with Crippen LogP contribution in [0.4, 0.5) is 0 Å². The average Bonchev–Trinajstić information content (AvgIpc) is 2.61. The van der Waals surface area contributed by atoms with E-state index >= 15 is 0 Å². The third-order valence-electron chi connectivity index (χ3n) is 2.78. The standard InChI is InChI=1S/C12H10N2O/c15-11-8-14-6-5-13-12(14)7-9-3-1-2-4-10(9)11/h1-6H,7-8H2. The molecule has 3 nitrogen and oxygen atoms in total. The van der Waals surface area contributed by atoms with Crippen molar-refractivity contribution in [2.45, 2.75) is 13.0 Å². The van der Waals surface area contributed by atoms with Gasteiger partial charge in [0, 0.05) is 24.4 Å². The van der Waals surface area contributed by atoms with Gasteiger partial charge in [-0.3, -0.25) is 4.79 Å². The van der Waals surface area contributed by atoms with E-state index in [-0.39, 0.29) is 5.78 Å². The third kappa shape index (κ3) is 1.28. The highest BCUT2D eigenvalue weighted by atomic mass is 16.1. The molecule has 0 radical (unpaired) electrons. The van der Waals surface area contributed by atoms with E-state index in [9.17, 15) is 4.79 Å². The fourth-order valence-corrected chi connectivity index (χ4v) is 2.01. The molecule has 15 heavy (non-hydrogen) atoms. The first-order chi connectivity index (χ1) is 7.34. The number of benzene rings is 1. The van der Waals surface area contributed by atoms with Crippen LogP contribution in [0.1, 0.15) is 21.7 Å². The molecule has 0 aliphatic carbocycles. The smallest absolute Gasteiger partial charge is 0.182 e. The summed E-state index contributed by atoms with van der Waals surface area (Å²) >= 11 is 0. The second kappa shape index (κ2) is 3.05. The summed E-state index contributed by atoms with van der Waals surface area (Å²) in [6.45, 7) is 0.409. The van der Waals surface area contributed by atoms with Crippen LogP contribution in [0, 0.1) is 0 Å². The zero-order valence-electron chi connectivity index (χ0n) is 8.18. The quantitative estimate of drug-likeness (QED) is 0.645. The number of hydrogen-bond donors (Lipinski definition) is 0. The number of fused-ring (bicyclic) bond motifs is 2. The average molecular weight is 198 g/mol. The van der Waals surface area contributed by atoms with Crippen LogP contribution in [0.5, 0.6) is 0 Å². The van der Waals surface area contributed by atoms with Crippen molar-refractivity contribution in [2.75, 3.05) is 0 Å². The number of nitrogens with zero attached hydrogens (tertiary/aromatic N) is 2. The predicted molar refractivity (Wildman–Crippen MR) is 55.8 cm³/mol. The van der Waals surface area contributed by atoms with Gasteiger partial charge in [0.25, 0.3) is 0 Å². The molecule has 0 atom stereocenters. The number of rotatable bonds is 0. The molecule has 3 heteroatoms. The lowest BCUT2D eigenvalue weighted by atomic mass is 10.0. The largest absolute Gasteiger partial charge is 0.327 e. The summed E-state index contributed by atoms with van der Waals surface area (Å²) in [5, 5.41) is 0. The molecule has 0 unspecified atom stereocenters. The van der Waals surface area contributed by atoms with Crippen molar-refractivity contribution in [3.05, 3.63) is 53.6 Å². The lowest BCUT2D eigenvalue weighted by Crippen LogP contribution is -2.08. The molecule has 2 aromatic rings. The van der Waals surface area contributed by atoms with Gasteiger partial charge in [-0.2, -0.15) is 0 Å². The molecule has 1 aromatic carbocycles. The SMILES string of the molecule is O=C1Cn2ccnc2Cc2ccccc21. The topological polar surface area (TPSA) is 34.9 Å². The number of aromatic nitrogens is 2. The fourth-order valence-electron chi connectivity index (χ4n) is 2.01. The van der Waals surface area contributed by atoms with Crippen LogP contribution in [0.2, 0.25) is 0 Å². The number of carbonyl (C=O) groups excluding carboxylic acids is 1. The summed E-state index contributed by atoms with van der Waals surface area (Å²) in [5.74, 6) is 1.13. The molecule has 0 bridgehead atoms. The normalized spacial score (nSPS) is 14.3. The second-order valence-electron chi connectivity index (χ2n) is 3.73. The van der Waals surface area contributed by atoms with Crippen molar-refractivity contribution in [1.29, 1.82) is 0 Å². The van der Waals surface area contributed by atoms with Gasteiger partial charge in [-0.25, -0.2) is 4.98 Å². The highest BCUT2D eigenvalue weighted by Gasteiger charge is 2.18.